The van der Waals surface area contributed by atoms with Crippen LogP contribution in [-0.4, -0.2) is 29.5 Å². The molecule has 1 rings (SSSR count). The molecule has 1 nitrogen and oxygen atoms in total. The number of alkyl halides is 2. The van der Waals surface area contributed by atoms with Crippen molar-refractivity contribution in [1.82, 2.24) is 0 Å². The van der Waals surface area contributed by atoms with E-state index in [2.05, 4.69) is 51.1 Å². The molecule has 0 N–H and O–H groups in total. The van der Waals surface area contributed by atoms with E-state index in [4.69, 9.17) is 23.2 Å². The van der Waals surface area contributed by atoms with Crippen LogP contribution in [0, 0.1) is 0 Å². The van der Waals surface area contributed by atoms with Crippen LogP contribution in [0.4, 0.5) is 0 Å². The molecule has 0 aromatic heterocycles. The van der Waals surface area contributed by atoms with E-state index in [1.165, 1.54) is 36.2 Å². The molecule has 0 spiro atoms. The Morgan fingerprint density at radius 2 is 1.28 bits per heavy atom. The monoisotopic (exact) mass is 311 g/mol. The van der Waals surface area contributed by atoms with E-state index in [0.29, 0.717) is 0 Å². The van der Waals surface area contributed by atoms with Crippen molar-refractivity contribution in [1.29, 1.82) is 0 Å². The molecule has 0 unspecified atom stereocenters. The minimum absolute atomic E-state index is 0. The fraction of sp³-hybridized carbons (Fsp3) is 0.571. The summed E-state index contributed by atoms with van der Waals surface area (Å²) in [4.78, 5) is 0. The molecular formula is C14H24Cl3N. The normalized spacial score (nSPS) is 10.1. The number of benzene rings is 1. The molecule has 0 aliphatic carbocycles. The third-order valence-corrected chi connectivity index (χ3v) is 3.37. The van der Waals surface area contributed by atoms with E-state index in [9.17, 15) is 0 Å². The zero-order valence-corrected chi connectivity index (χ0v) is 13.8. The van der Waals surface area contributed by atoms with E-state index in [0.717, 1.165) is 0 Å². The van der Waals surface area contributed by atoms with Gasteiger partial charge in [0.25, 0.3) is 0 Å². The second-order valence-electron chi connectivity index (χ2n) is 4.04. The first-order valence-corrected chi connectivity index (χ1v) is 7.25. The summed E-state index contributed by atoms with van der Waals surface area (Å²) in [6.45, 7) is 11.7. The largest absolute Gasteiger partial charge is 1.00 e. The van der Waals surface area contributed by atoms with Gasteiger partial charge in [-0.25, -0.2) is 0 Å². The van der Waals surface area contributed by atoms with Crippen molar-refractivity contribution >= 4 is 23.2 Å². The quantitative estimate of drug-likeness (QED) is 0.571. The molecule has 0 saturated carbocycles. The lowest BCUT2D eigenvalue weighted by atomic mass is 10.2. The summed E-state index contributed by atoms with van der Waals surface area (Å²) in [5.74, 6) is 0. The van der Waals surface area contributed by atoms with Gasteiger partial charge in [-0.15, -0.1) is 23.2 Å². The second-order valence-corrected chi connectivity index (χ2v) is 4.84. The molecule has 18 heavy (non-hydrogen) atoms. The summed E-state index contributed by atoms with van der Waals surface area (Å²) in [6.07, 6.45) is 0. The van der Waals surface area contributed by atoms with Crippen molar-refractivity contribution in [3.63, 3.8) is 0 Å². The molecule has 1 aromatic carbocycles. The maximum atomic E-state index is 4.76. The highest BCUT2D eigenvalue weighted by Crippen LogP contribution is 2.13. The van der Waals surface area contributed by atoms with Gasteiger partial charge in [0.2, 0.25) is 0 Å². The molecule has 0 heterocycles. The molecule has 106 valence electrons. The van der Waals surface area contributed by atoms with Crippen LogP contribution in [0.5, 0.6) is 0 Å². The molecule has 0 radical (unpaired) electrons. The zero-order valence-electron chi connectivity index (χ0n) is 11.5. The Bertz CT molecular complexity index is 265. The topological polar surface area (TPSA) is 0 Å². The van der Waals surface area contributed by atoms with Crippen LogP contribution in [0.25, 0.3) is 0 Å². The van der Waals surface area contributed by atoms with Crippen LogP contribution in [0.1, 0.15) is 26.3 Å². The van der Waals surface area contributed by atoms with E-state index in [1.54, 1.807) is 0 Å². The minimum atomic E-state index is 0. The van der Waals surface area contributed by atoms with Gasteiger partial charge in [0, 0.05) is 5.56 Å². The molecule has 0 saturated heterocycles. The van der Waals surface area contributed by atoms with E-state index >= 15 is 0 Å². The molecule has 0 fully saturated rings. The summed E-state index contributed by atoms with van der Waals surface area (Å²) in [6, 6.07) is 10.8. The number of hydrogen-bond donors (Lipinski definition) is 0. The first-order chi connectivity index (χ1) is 8.17. The van der Waals surface area contributed by atoms with Gasteiger partial charge < -0.3 is 16.9 Å². The Morgan fingerprint density at radius 1 is 0.889 bits per heavy atom. The lowest BCUT2D eigenvalue weighted by molar-refractivity contribution is -0.936. The lowest BCUT2D eigenvalue weighted by Gasteiger charge is -2.35. The Labute approximate surface area is 128 Å². The van der Waals surface area contributed by atoms with Gasteiger partial charge >= 0.3 is 0 Å². The first kappa shape index (κ1) is 20.4. The van der Waals surface area contributed by atoms with Gasteiger partial charge in [0.1, 0.15) is 6.54 Å². The molecule has 4 heteroatoms. The van der Waals surface area contributed by atoms with Gasteiger partial charge in [-0.2, -0.15) is 0 Å². The summed E-state index contributed by atoms with van der Waals surface area (Å²) in [7, 11) is 0. The molecule has 1 aromatic rings. The Balaban J connectivity index is 0. The van der Waals surface area contributed by atoms with Gasteiger partial charge in [0.15, 0.2) is 0 Å². The average molecular weight is 313 g/mol. The smallest absolute Gasteiger partial charge is 0.104 e. The Kier molecular flexibility index (Phi) is 13.7. The van der Waals surface area contributed by atoms with Crippen molar-refractivity contribution < 1.29 is 16.9 Å². The molecule has 0 aliphatic rings. The van der Waals surface area contributed by atoms with Crippen LogP contribution in [-0.2, 0) is 6.54 Å². The third kappa shape index (κ3) is 7.48. The Hall–Kier alpha value is 0.0500. The van der Waals surface area contributed by atoms with E-state index < -0.39 is 0 Å². The van der Waals surface area contributed by atoms with Crippen molar-refractivity contribution in [2.45, 2.75) is 27.3 Å². The average Bonchev–Trinajstić information content (AvgIpc) is 2.38. The van der Waals surface area contributed by atoms with Crippen molar-refractivity contribution in [2.75, 3.05) is 25.0 Å². The standard InChI is InChI=1S/C13H22N.CH2Cl2.ClH/c1-4-14(5-2,6-3)12-13-10-8-7-9-11-13;2-1-3;/h7-11H,4-6,12H2,1-3H3;1H2;1H/q+1;;/p-1. The highest BCUT2D eigenvalue weighted by atomic mass is 35.5. The summed E-state index contributed by atoms with van der Waals surface area (Å²) in [5, 5.41) is 0.194. The van der Waals surface area contributed by atoms with Crippen LogP contribution < -0.4 is 12.4 Å². The van der Waals surface area contributed by atoms with Gasteiger partial charge in [-0.05, 0) is 20.8 Å². The minimum Gasteiger partial charge on any atom is -1.00 e. The molecule has 0 amide bonds. The van der Waals surface area contributed by atoms with Gasteiger partial charge in [0.05, 0.1) is 25.0 Å². The van der Waals surface area contributed by atoms with Crippen LogP contribution >= 0.6 is 23.2 Å². The lowest BCUT2D eigenvalue weighted by Crippen LogP contribution is -3.00. The van der Waals surface area contributed by atoms with Crippen LogP contribution in [0.3, 0.4) is 0 Å². The van der Waals surface area contributed by atoms with Crippen LogP contribution in [0.15, 0.2) is 30.3 Å². The summed E-state index contributed by atoms with van der Waals surface area (Å²) in [5.41, 5.74) is 1.46. The fourth-order valence-corrected chi connectivity index (χ4v) is 1.98. The molecular weight excluding hydrogens is 289 g/mol. The van der Waals surface area contributed by atoms with Crippen LogP contribution in [0.2, 0.25) is 0 Å². The number of halogens is 3. The maximum Gasteiger partial charge on any atom is 0.104 e. The molecule has 0 aliphatic heterocycles. The van der Waals surface area contributed by atoms with Crippen molar-refractivity contribution in [2.24, 2.45) is 0 Å². The number of hydrogen-bond acceptors (Lipinski definition) is 0. The van der Waals surface area contributed by atoms with Gasteiger partial charge in [-0.1, -0.05) is 30.3 Å². The predicted octanol–water partition coefficient (Wildman–Crippen LogP) is 1.49. The zero-order chi connectivity index (χ0) is 13.1. The Morgan fingerprint density at radius 3 is 1.61 bits per heavy atom. The van der Waals surface area contributed by atoms with Crippen molar-refractivity contribution in [3.8, 4) is 0 Å². The summed E-state index contributed by atoms with van der Waals surface area (Å²) < 4.78 is 1.20. The summed E-state index contributed by atoms with van der Waals surface area (Å²) >= 11 is 9.53. The highest BCUT2D eigenvalue weighted by molar-refractivity contribution is 6.40. The number of nitrogens with zero attached hydrogens (tertiary/aromatic N) is 1. The predicted molar refractivity (Wildman–Crippen MR) is 78.6 cm³/mol. The number of rotatable bonds is 5. The number of quaternary nitrogens is 1. The van der Waals surface area contributed by atoms with E-state index in [1.807, 2.05) is 0 Å². The maximum absolute atomic E-state index is 4.76. The fourth-order valence-electron chi connectivity index (χ4n) is 1.98. The van der Waals surface area contributed by atoms with Gasteiger partial charge in [-0.3, -0.25) is 0 Å². The van der Waals surface area contributed by atoms with E-state index in [-0.39, 0.29) is 17.7 Å². The molecule has 0 bridgehead atoms. The third-order valence-electron chi connectivity index (χ3n) is 3.37. The molecule has 0 atom stereocenters. The van der Waals surface area contributed by atoms with Crippen molar-refractivity contribution in [3.05, 3.63) is 35.9 Å². The first-order valence-electron chi connectivity index (χ1n) is 6.18. The highest BCUT2D eigenvalue weighted by Gasteiger charge is 2.20. The SMILES string of the molecule is CC[N+](CC)(CC)Cc1ccccc1.ClCCl.[Cl-]. The second kappa shape index (κ2) is 12.1.